The van der Waals surface area contributed by atoms with Gasteiger partial charge >= 0.3 is 0 Å². The molecule has 0 amide bonds. The maximum Gasteiger partial charge on any atom is 0.240 e. The van der Waals surface area contributed by atoms with Gasteiger partial charge in [-0.25, -0.2) is 13.1 Å². The van der Waals surface area contributed by atoms with Gasteiger partial charge in [-0.3, -0.25) is 0 Å². The monoisotopic (exact) mass is 328 g/mol. The molecule has 0 fully saturated rings. The van der Waals surface area contributed by atoms with E-state index in [0.717, 1.165) is 32.1 Å². The zero-order valence-corrected chi connectivity index (χ0v) is 14.3. The van der Waals surface area contributed by atoms with Crippen molar-refractivity contribution in [3.8, 4) is 0 Å². The second kappa shape index (κ2) is 8.46. The number of benzene rings is 1. The highest BCUT2D eigenvalue weighted by Crippen LogP contribution is 2.14. The number of hydrogen-bond donors (Lipinski definition) is 2. The van der Waals surface area contributed by atoms with Gasteiger partial charge in [0.25, 0.3) is 0 Å². The summed E-state index contributed by atoms with van der Waals surface area (Å²) in [5, 5.41) is 0. The number of nitrogens with one attached hydrogen (secondary N) is 1. The van der Waals surface area contributed by atoms with Crippen molar-refractivity contribution in [1.82, 2.24) is 4.72 Å². The summed E-state index contributed by atoms with van der Waals surface area (Å²) >= 11 is 4.86. The lowest BCUT2D eigenvalue weighted by atomic mass is 10.1. The fraction of sp³-hybridized carbons (Fsp3) is 0.533. The number of thiocarbonyl (C=S) groups is 1. The third kappa shape index (κ3) is 5.73. The molecule has 0 bridgehead atoms. The second-order valence-corrected chi connectivity index (χ2v) is 7.29. The lowest BCUT2D eigenvalue weighted by molar-refractivity contribution is 0.483. The molecule has 0 spiro atoms. The molecule has 6 heteroatoms. The maximum atomic E-state index is 12.4. The van der Waals surface area contributed by atoms with Crippen molar-refractivity contribution in [1.29, 1.82) is 0 Å². The average molecular weight is 329 g/mol. The Morgan fingerprint density at radius 1 is 1.19 bits per heavy atom. The average Bonchev–Trinajstić information content (AvgIpc) is 2.45. The third-order valence-electron chi connectivity index (χ3n) is 3.31. The normalized spacial score (nSPS) is 13.0. The van der Waals surface area contributed by atoms with Crippen molar-refractivity contribution in [3.05, 3.63) is 29.8 Å². The van der Waals surface area contributed by atoms with Crippen LogP contribution in [0.4, 0.5) is 0 Å². The molecule has 1 rings (SSSR count). The van der Waals surface area contributed by atoms with E-state index in [0.29, 0.717) is 5.56 Å². The fourth-order valence-electron chi connectivity index (χ4n) is 2.15. The predicted octanol–water partition coefficient (Wildman–Crippen LogP) is 2.96. The van der Waals surface area contributed by atoms with Crippen molar-refractivity contribution in [2.24, 2.45) is 5.73 Å². The first-order valence-electron chi connectivity index (χ1n) is 7.33. The molecule has 3 N–H and O–H groups in total. The van der Waals surface area contributed by atoms with E-state index in [1.165, 1.54) is 0 Å². The quantitative estimate of drug-likeness (QED) is 0.684. The van der Waals surface area contributed by atoms with Crippen molar-refractivity contribution in [3.63, 3.8) is 0 Å². The fourth-order valence-corrected chi connectivity index (χ4v) is 3.59. The van der Waals surface area contributed by atoms with E-state index in [9.17, 15) is 8.42 Å². The molecule has 118 valence electrons. The van der Waals surface area contributed by atoms with Gasteiger partial charge < -0.3 is 5.73 Å². The summed E-state index contributed by atoms with van der Waals surface area (Å²) in [6, 6.07) is 6.35. The minimum atomic E-state index is -3.49. The first-order chi connectivity index (χ1) is 9.90. The molecule has 0 saturated carbocycles. The first kappa shape index (κ1) is 18.1. The van der Waals surface area contributed by atoms with Crippen LogP contribution < -0.4 is 10.5 Å². The van der Waals surface area contributed by atoms with Gasteiger partial charge in [0.1, 0.15) is 4.99 Å². The zero-order chi connectivity index (χ0) is 15.9. The standard InChI is InChI=1S/C15H24N2O2S2/c1-3-5-7-13(6-4-2)17-21(18,19)14-10-8-12(9-11-14)15(16)20/h8-11,13,17H,3-7H2,1-2H3,(H2,16,20). The summed E-state index contributed by atoms with van der Waals surface area (Å²) in [4.78, 5) is 0.513. The smallest absolute Gasteiger partial charge is 0.240 e. The molecule has 0 radical (unpaired) electrons. The topological polar surface area (TPSA) is 72.2 Å². The van der Waals surface area contributed by atoms with Crippen molar-refractivity contribution >= 4 is 27.2 Å². The molecule has 1 aromatic rings. The van der Waals surface area contributed by atoms with Gasteiger partial charge in [0.2, 0.25) is 10.0 Å². The molecule has 0 saturated heterocycles. The van der Waals surface area contributed by atoms with Crippen LogP contribution >= 0.6 is 12.2 Å². The molecule has 0 heterocycles. The number of sulfonamides is 1. The van der Waals surface area contributed by atoms with Crippen LogP contribution in [0.15, 0.2) is 29.2 Å². The Balaban J connectivity index is 2.85. The lowest BCUT2D eigenvalue weighted by Crippen LogP contribution is -2.34. The Hall–Kier alpha value is -0.980. The Morgan fingerprint density at radius 3 is 2.29 bits per heavy atom. The third-order valence-corrected chi connectivity index (χ3v) is 5.09. The summed E-state index contributed by atoms with van der Waals surface area (Å²) < 4.78 is 27.6. The SMILES string of the molecule is CCCCC(CCC)NS(=O)(=O)c1ccc(C(N)=S)cc1. The van der Waals surface area contributed by atoms with Crippen LogP contribution in [0.2, 0.25) is 0 Å². The van der Waals surface area contributed by atoms with Crippen LogP contribution in [-0.4, -0.2) is 19.4 Å². The predicted molar refractivity (Wildman–Crippen MR) is 90.9 cm³/mol. The molecule has 0 aromatic heterocycles. The highest BCUT2D eigenvalue weighted by atomic mass is 32.2. The van der Waals surface area contributed by atoms with Crippen LogP contribution in [0.5, 0.6) is 0 Å². The van der Waals surface area contributed by atoms with E-state index in [-0.39, 0.29) is 15.9 Å². The van der Waals surface area contributed by atoms with E-state index >= 15 is 0 Å². The van der Waals surface area contributed by atoms with E-state index in [2.05, 4.69) is 18.6 Å². The van der Waals surface area contributed by atoms with Gasteiger partial charge in [0.15, 0.2) is 0 Å². The Morgan fingerprint density at radius 2 is 1.81 bits per heavy atom. The Labute approximate surface area is 133 Å². The summed E-state index contributed by atoms with van der Waals surface area (Å²) in [5.74, 6) is 0. The molecule has 1 aromatic carbocycles. The first-order valence-corrected chi connectivity index (χ1v) is 9.22. The molecule has 0 aliphatic rings. The minimum Gasteiger partial charge on any atom is -0.389 e. The largest absolute Gasteiger partial charge is 0.389 e. The highest BCUT2D eigenvalue weighted by Gasteiger charge is 2.19. The summed E-state index contributed by atoms with van der Waals surface area (Å²) in [7, 11) is -3.49. The number of unbranched alkanes of at least 4 members (excludes halogenated alkanes) is 1. The zero-order valence-electron chi connectivity index (χ0n) is 12.6. The van der Waals surface area contributed by atoms with Crippen LogP contribution in [-0.2, 0) is 10.0 Å². The van der Waals surface area contributed by atoms with E-state index in [1.807, 2.05) is 0 Å². The summed E-state index contributed by atoms with van der Waals surface area (Å²) in [6.07, 6.45) is 4.76. The Kier molecular flexibility index (Phi) is 7.28. The summed E-state index contributed by atoms with van der Waals surface area (Å²) in [6.45, 7) is 4.16. The van der Waals surface area contributed by atoms with Crippen LogP contribution in [0.25, 0.3) is 0 Å². The molecule has 4 nitrogen and oxygen atoms in total. The van der Waals surface area contributed by atoms with Crippen molar-refractivity contribution in [2.75, 3.05) is 0 Å². The maximum absolute atomic E-state index is 12.4. The van der Waals surface area contributed by atoms with Crippen LogP contribution in [0, 0.1) is 0 Å². The van der Waals surface area contributed by atoms with Gasteiger partial charge in [-0.2, -0.15) is 0 Å². The molecule has 0 aliphatic carbocycles. The molecular formula is C15H24N2O2S2. The number of rotatable bonds is 9. The number of hydrogen-bond acceptors (Lipinski definition) is 3. The number of nitrogens with two attached hydrogens (primary N) is 1. The minimum absolute atomic E-state index is 0.00443. The van der Waals surface area contributed by atoms with Gasteiger partial charge in [-0.05, 0) is 25.0 Å². The molecule has 1 atom stereocenters. The van der Waals surface area contributed by atoms with E-state index in [4.69, 9.17) is 18.0 Å². The van der Waals surface area contributed by atoms with E-state index in [1.54, 1.807) is 24.3 Å². The molecule has 1 unspecified atom stereocenters. The highest BCUT2D eigenvalue weighted by molar-refractivity contribution is 7.89. The van der Waals surface area contributed by atoms with Crippen LogP contribution in [0.3, 0.4) is 0 Å². The molecular weight excluding hydrogens is 304 g/mol. The summed E-state index contributed by atoms with van der Waals surface area (Å²) in [5.41, 5.74) is 6.18. The van der Waals surface area contributed by atoms with Gasteiger partial charge in [-0.15, -0.1) is 0 Å². The van der Waals surface area contributed by atoms with Crippen LogP contribution in [0.1, 0.15) is 51.5 Å². The lowest BCUT2D eigenvalue weighted by Gasteiger charge is -2.18. The van der Waals surface area contributed by atoms with E-state index < -0.39 is 10.0 Å². The molecule has 0 aliphatic heterocycles. The second-order valence-electron chi connectivity index (χ2n) is 5.14. The van der Waals surface area contributed by atoms with Gasteiger partial charge in [0, 0.05) is 11.6 Å². The Bertz CT molecular complexity index is 554. The van der Waals surface area contributed by atoms with Gasteiger partial charge in [-0.1, -0.05) is 57.5 Å². The van der Waals surface area contributed by atoms with Crippen molar-refractivity contribution in [2.45, 2.75) is 56.9 Å². The molecule has 21 heavy (non-hydrogen) atoms. The van der Waals surface area contributed by atoms with Crippen molar-refractivity contribution < 1.29 is 8.42 Å². The van der Waals surface area contributed by atoms with Gasteiger partial charge in [0.05, 0.1) is 4.90 Å².